The van der Waals surface area contributed by atoms with Gasteiger partial charge in [0.25, 0.3) is 0 Å². The highest BCUT2D eigenvalue weighted by Gasteiger charge is 2.11. The van der Waals surface area contributed by atoms with Gasteiger partial charge >= 0.3 is 0 Å². The van der Waals surface area contributed by atoms with Gasteiger partial charge in [-0.2, -0.15) is 0 Å². The van der Waals surface area contributed by atoms with E-state index in [9.17, 15) is 13.6 Å². The van der Waals surface area contributed by atoms with E-state index in [4.69, 9.17) is 12.2 Å². The summed E-state index contributed by atoms with van der Waals surface area (Å²) in [6.07, 6.45) is 0. The second-order valence-electron chi connectivity index (χ2n) is 3.70. The van der Waals surface area contributed by atoms with Crippen molar-refractivity contribution in [3.8, 4) is 0 Å². The van der Waals surface area contributed by atoms with E-state index >= 15 is 0 Å². The second kappa shape index (κ2) is 5.14. The molecule has 2 aromatic carbocycles. The quantitative estimate of drug-likeness (QED) is 0.621. The minimum Gasteiger partial charge on any atom is -0.289 e. The van der Waals surface area contributed by atoms with Crippen LogP contribution in [0.25, 0.3) is 0 Å². The topological polar surface area (TPSA) is 17.1 Å². The van der Waals surface area contributed by atoms with Crippen LogP contribution >= 0.6 is 12.2 Å². The fraction of sp³-hybridized carbons (Fsp3) is 0. The summed E-state index contributed by atoms with van der Waals surface area (Å²) in [4.78, 5) is 12.0. The van der Waals surface area contributed by atoms with Crippen LogP contribution in [0, 0.1) is 11.6 Å². The minimum atomic E-state index is -1.03. The molecule has 0 heterocycles. The first-order chi connectivity index (χ1) is 8.61. The molecule has 0 unspecified atom stereocenters. The van der Waals surface area contributed by atoms with Gasteiger partial charge in [-0.1, -0.05) is 36.5 Å². The number of benzene rings is 2. The number of carbonyl (C=O) groups excluding carboxylic acids is 1. The van der Waals surface area contributed by atoms with E-state index in [1.54, 1.807) is 24.3 Å². The lowest BCUT2D eigenvalue weighted by atomic mass is 10.0. The third-order valence-corrected chi connectivity index (χ3v) is 2.76. The molecule has 0 aromatic heterocycles. The average Bonchev–Trinajstić information content (AvgIpc) is 2.41. The molecule has 0 bridgehead atoms. The van der Waals surface area contributed by atoms with Crippen molar-refractivity contribution in [1.29, 1.82) is 0 Å². The van der Waals surface area contributed by atoms with Gasteiger partial charge < -0.3 is 0 Å². The zero-order valence-electron chi connectivity index (χ0n) is 9.19. The van der Waals surface area contributed by atoms with E-state index in [1.165, 1.54) is 11.4 Å². The molecule has 2 aromatic rings. The Morgan fingerprint density at radius 1 is 0.944 bits per heavy atom. The summed E-state index contributed by atoms with van der Waals surface area (Å²) in [6.45, 7) is 0. The molecule has 90 valence electrons. The van der Waals surface area contributed by atoms with Crippen molar-refractivity contribution in [3.63, 3.8) is 0 Å². The Morgan fingerprint density at radius 2 is 1.56 bits per heavy atom. The lowest BCUT2D eigenvalue weighted by Crippen LogP contribution is -2.02. The monoisotopic (exact) mass is 262 g/mol. The Morgan fingerprint density at radius 3 is 2.11 bits per heavy atom. The summed E-state index contributed by atoms with van der Waals surface area (Å²) in [7, 11) is 0. The average molecular weight is 262 g/mol. The van der Waals surface area contributed by atoms with Crippen molar-refractivity contribution in [2.75, 3.05) is 0 Å². The maximum atomic E-state index is 13.0. The summed E-state index contributed by atoms with van der Waals surface area (Å²) in [5.41, 5.74) is 1.33. The number of rotatable bonds is 3. The molecule has 2 rings (SSSR count). The van der Waals surface area contributed by atoms with Crippen LogP contribution in [0.3, 0.4) is 0 Å². The van der Waals surface area contributed by atoms with Crippen LogP contribution in [0.5, 0.6) is 0 Å². The summed E-state index contributed by atoms with van der Waals surface area (Å²) in [5, 5.41) is 1.49. The molecule has 18 heavy (non-hydrogen) atoms. The first-order valence-electron chi connectivity index (χ1n) is 5.17. The number of ketones is 1. The van der Waals surface area contributed by atoms with Crippen LogP contribution in [0.1, 0.15) is 21.5 Å². The molecule has 0 spiro atoms. The standard InChI is InChI=1S/C14H8F2OS/c15-12-6-5-11(7-13(12)16)14(17)10-3-1-9(8-18)2-4-10/h1-8H. The highest BCUT2D eigenvalue weighted by Crippen LogP contribution is 2.14. The number of hydrogen-bond acceptors (Lipinski definition) is 2. The van der Waals surface area contributed by atoms with Crippen molar-refractivity contribution < 1.29 is 13.6 Å². The van der Waals surface area contributed by atoms with Crippen LogP contribution in [-0.4, -0.2) is 11.2 Å². The summed E-state index contributed by atoms with van der Waals surface area (Å²) in [6, 6.07) is 9.68. The molecule has 0 radical (unpaired) electrons. The Labute approximate surface area is 108 Å². The molecule has 0 saturated carbocycles. The first-order valence-corrected chi connectivity index (χ1v) is 5.64. The lowest BCUT2D eigenvalue weighted by molar-refractivity contribution is 0.103. The zero-order chi connectivity index (χ0) is 13.1. The van der Waals surface area contributed by atoms with Crippen LogP contribution in [0.4, 0.5) is 8.78 Å². The van der Waals surface area contributed by atoms with Gasteiger partial charge in [0.1, 0.15) is 0 Å². The Bertz CT molecular complexity index is 606. The van der Waals surface area contributed by atoms with Gasteiger partial charge in [-0.3, -0.25) is 4.79 Å². The Balaban J connectivity index is 2.34. The van der Waals surface area contributed by atoms with E-state index in [-0.39, 0.29) is 11.3 Å². The molecule has 0 aliphatic carbocycles. The second-order valence-corrected chi connectivity index (χ2v) is 3.93. The van der Waals surface area contributed by atoms with Crippen molar-refractivity contribution >= 4 is 23.4 Å². The number of halogens is 2. The van der Waals surface area contributed by atoms with E-state index in [1.807, 2.05) is 0 Å². The van der Waals surface area contributed by atoms with Gasteiger partial charge in [-0.05, 0) is 23.8 Å². The van der Waals surface area contributed by atoms with Crippen molar-refractivity contribution in [2.24, 2.45) is 0 Å². The summed E-state index contributed by atoms with van der Waals surface area (Å²) in [5.74, 6) is -2.36. The van der Waals surface area contributed by atoms with Crippen LogP contribution in [-0.2, 0) is 0 Å². The van der Waals surface area contributed by atoms with E-state index in [0.717, 1.165) is 17.7 Å². The van der Waals surface area contributed by atoms with Crippen LogP contribution in [0.2, 0.25) is 0 Å². The summed E-state index contributed by atoms with van der Waals surface area (Å²) >= 11 is 4.75. The number of hydrogen-bond donors (Lipinski definition) is 0. The van der Waals surface area contributed by atoms with Gasteiger partial charge in [-0.25, -0.2) is 8.78 Å². The molecular formula is C14H8F2OS. The largest absolute Gasteiger partial charge is 0.289 e. The highest BCUT2D eigenvalue weighted by molar-refractivity contribution is 7.79. The molecule has 0 amide bonds. The maximum absolute atomic E-state index is 13.0. The van der Waals surface area contributed by atoms with E-state index < -0.39 is 11.6 Å². The molecule has 0 atom stereocenters. The highest BCUT2D eigenvalue weighted by atomic mass is 32.1. The molecule has 0 aliphatic heterocycles. The van der Waals surface area contributed by atoms with Crippen LogP contribution < -0.4 is 0 Å². The number of thiocarbonyl (C=S) groups is 1. The molecule has 0 fully saturated rings. The smallest absolute Gasteiger partial charge is 0.193 e. The number of carbonyl (C=O) groups is 1. The molecule has 4 heteroatoms. The summed E-state index contributed by atoms with van der Waals surface area (Å²) < 4.78 is 25.8. The normalized spacial score (nSPS) is 10.1. The van der Waals surface area contributed by atoms with Gasteiger partial charge in [0.2, 0.25) is 0 Å². The maximum Gasteiger partial charge on any atom is 0.193 e. The van der Waals surface area contributed by atoms with Gasteiger partial charge in [-0.15, -0.1) is 0 Å². The third-order valence-electron chi connectivity index (χ3n) is 2.49. The zero-order valence-corrected chi connectivity index (χ0v) is 10.0. The SMILES string of the molecule is O=C(c1ccc(C=S)cc1)c1ccc(F)c(F)c1. The fourth-order valence-corrected chi connectivity index (χ4v) is 1.67. The van der Waals surface area contributed by atoms with Gasteiger partial charge in [0.15, 0.2) is 17.4 Å². The molecular weight excluding hydrogens is 254 g/mol. The van der Waals surface area contributed by atoms with Crippen molar-refractivity contribution in [3.05, 3.63) is 70.8 Å². The molecule has 0 saturated heterocycles. The third kappa shape index (κ3) is 2.49. The van der Waals surface area contributed by atoms with Gasteiger partial charge in [0.05, 0.1) is 0 Å². The van der Waals surface area contributed by atoms with Crippen LogP contribution in [0.15, 0.2) is 42.5 Å². The predicted octanol–water partition coefficient (Wildman–Crippen LogP) is 3.54. The fourth-order valence-electron chi connectivity index (χ4n) is 1.52. The van der Waals surface area contributed by atoms with E-state index in [0.29, 0.717) is 5.56 Å². The first kappa shape index (κ1) is 12.5. The van der Waals surface area contributed by atoms with Gasteiger partial charge in [0, 0.05) is 16.5 Å². The molecule has 0 aliphatic rings. The Kier molecular flexibility index (Phi) is 3.58. The Hall–Kier alpha value is -1.94. The van der Waals surface area contributed by atoms with Crippen molar-refractivity contribution in [2.45, 2.75) is 0 Å². The molecule has 1 nitrogen and oxygen atoms in total. The molecule has 0 N–H and O–H groups in total. The predicted molar refractivity (Wildman–Crippen MR) is 69.0 cm³/mol. The lowest BCUT2D eigenvalue weighted by Gasteiger charge is -2.02. The van der Waals surface area contributed by atoms with Crippen molar-refractivity contribution in [1.82, 2.24) is 0 Å². The van der Waals surface area contributed by atoms with E-state index in [2.05, 4.69) is 0 Å². The minimum absolute atomic E-state index is 0.115.